The Morgan fingerprint density at radius 1 is 1.03 bits per heavy atom. The van der Waals surface area contributed by atoms with Gasteiger partial charge in [-0.15, -0.1) is 0 Å². The number of carbonyl (C=O) groups excluding carboxylic acids is 2. The number of benzene rings is 2. The first kappa shape index (κ1) is 24.8. The number of hydrogen-bond acceptors (Lipinski definition) is 4. The van der Waals surface area contributed by atoms with Crippen molar-refractivity contribution in [1.82, 2.24) is 10.2 Å². The van der Waals surface area contributed by atoms with Gasteiger partial charge in [0.05, 0.1) is 5.92 Å². The molecular formula is C28H34N2O5. The molecule has 4 rings (SSSR count). The second kappa shape index (κ2) is 10.5. The second-order valence-corrected chi connectivity index (χ2v) is 10.3. The van der Waals surface area contributed by atoms with Crippen molar-refractivity contribution in [3.05, 3.63) is 59.7 Å². The summed E-state index contributed by atoms with van der Waals surface area (Å²) in [6, 6.07) is 15.5. The van der Waals surface area contributed by atoms with E-state index in [2.05, 4.69) is 29.6 Å². The number of nitrogens with zero attached hydrogens (tertiary/aromatic N) is 1. The van der Waals surface area contributed by atoms with E-state index in [-0.39, 0.29) is 36.8 Å². The molecule has 186 valence electrons. The number of aliphatic carboxylic acids is 1. The molecule has 2 amide bonds. The maximum Gasteiger partial charge on any atom is 0.407 e. The number of rotatable bonds is 7. The largest absolute Gasteiger partial charge is 0.481 e. The van der Waals surface area contributed by atoms with Gasteiger partial charge in [-0.25, -0.2) is 4.79 Å². The lowest BCUT2D eigenvalue weighted by Gasteiger charge is -2.37. The van der Waals surface area contributed by atoms with Crippen molar-refractivity contribution in [2.75, 3.05) is 19.7 Å². The lowest BCUT2D eigenvalue weighted by molar-refractivity contribution is -0.147. The molecule has 1 aliphatic carbocycles. The van der Waals surface area contributed by atoms with Crippen LogP contribution in [0.3, 0.4) is 0 Å². The quantitative estimate of drug-likeness (QED) is 0.611. The highest BCUT2D eigenvalue weighted by Gasteiger charge is 2.36. The number of ether oxygens (including phenoxy) is 1. The smallest absolute Gasteiger partial charge is 0.407 e. The van der Waals surface area contributed by atoms with Gasteiger partial charge in [0, 0.05) is 19.0 Å². The molecule has 2 N–H and O–H groups in total. The molecule has 0 radical (unpaired) electrons. The van der Waals surface area contributed by atoms with Gasteiger partial charge in [0.1, 0.15) is 12.6 Å². The summed E-state index contributed by atoms with van der Waals surface area (Å²) in [4.78, 5) is 39.3. The zero-order valence-corrected chi connectivity index (χ0v) is 20.6. The van der Waals surface area contributed by atoms with E-state index in [4.69, 9.17) is 4.74 Å². The Balaban J connectivity index is 1.43. The summed E-state index contributed by atoms with van der Waals surface area (Å²) in [5, 5.41) is 12.2. The first-order valence-electron chi connectivity index (χ1n) is 12.4. The molecule has 2 aliphatic rings. The van der Waals surface area contributed by atoms with Crippen LogP contribution < -0.4 is 5.32 Å². The van der Waals surface area contributed by atoms with Gasteiger partial charge in [0.25, 0.3) is 0 Å². The molecule has 2 aromatic rings. The number of nitrogens with one attached hydrogen (secondary N) is 1. The molecule has 0 saturated carbocycles. The molecule has 1 aliphatic heterocycles. The predicted octanol–water partition coefficient (Wildman–Crippen LogP) is 4.51. The third-order valence-corrected chi connectivity index (χ3v) is 6.96. The summed E-state index contributed by atoms with van der Waals surface area (Å²) in [6.07, 6.45) is 0.366. The van der Waals surface area contributed by atoms with Crippen LogP contribution in [0.1, 0.15) is 50.7 Å². The Labute approximate surface area is 206 Å². The van der Waals surface area contributed by atoms with Crippen molar-refractivity contribution in [3.63, 3.8) is 0 Å². The van der Waals surface area contributed by atoms with Crippen molar-refractivity contribution in [1.29, 1.82) is 0 Å². The zero-order chi connectivity index (χ0) is 25.1. The molecule has 35 heavy (non-hydrogen) atoms. The monoisotopic (exact) mass is 478 g/mol. The van der Waals surface area contributed by atoms with Gasteiger partial charge in [-0.3, -0.25) is 9.59 Å². The molecule has 0 aromatic heterocycles. The van der Waals surface area contributed by atoms with E-state index in [0.29, 0.717) is 19.4 Å². The highest BCUT2D eigenvalue weighted by molar-refractivity contribution is 5.86. The normalized spacial score (nSPS) is 20.2. The number of likely N-dealkylation sites (tertiary alicyclic amines) is 1. The van der Waals surface area contributed by atoms with Crippen LogP contribution in [0.4, 0.5) is 4.79 Å². The Morgan fingerprint density at radius 3 is 2.20 bits per heavy atom. The van der Waals surface area contributed by atoms with E-state index in [0.717, 1.165) is 22.3 Å². The molecule has 7 heteroatoms. The van der Waals surface area contributed by atoms with Crippen LogP contribution in [-0.4, -0.2) is 53.7 Å². The fourth-order valence-electron chi connectivity index (χ4n) is 5.41. The Bertz CT molecular complexity index is 1050. The minimum atomic E-state index is -0.890. The average molecular weight is 479 g/mol. The van der Waals surface area contributed by atoms with Gasteiger partial charge in [-0.1, -0.05) is 69.3 Å². The van der Waals surface area contributed by atoms with E-state index >= 15 is 0 Å². The number of carboxylic acids is 1. The van der Waals surface area contributed by atoms with Crippen molar-refractivity contribution >= 4 is 18.0 Å². The lowest BCUT2D eigenvalue weighted by Crippen LogP contribution is -2.54. The fourth-order valence-corrected chi connectivity index (χ4v) is 5.41. The van der Waals surface area contributed by atoms with Crippen LogP contribution in [-0.2, 0) is 14.3 Å². The molecule has 1 heterocycles. The third-order valence-electron chi connectivity index (χ3n) is 6.96. The molecule has 0 bridgehead atoms. The number of alkyl carbamates (subject to hydrolysis) is 1. The molecule has 2 unspecified atom stereocenters. The summed E-state index contributed by atoms with van der Waals surface area (Å²) in [5.74, 6) is -1.54. The first-order valence-corrected chi connectivity index (χ1v) is 12.4. The Hall–Kier alpha value is -3.35. The van der Waals surface area contributed by atoms with Gasteiger partial charge in [0.2, 0.25) is 5.91 Å². The van der Waals surface area contributed by atoms with Crippen LogP contribution in [0.2, 0.25) is 0 Å². The van der Waals surface area contributed by atoms with E-state index in [9.17, 15) is 19.5 Å². The molecule has 1 fully saturated rings. The van der Waals surface area contributed by atoms with Crippen molar-refractivity contribution in [2.45, 2.75) is 45.6 Å². The number of amides is 2. The minimum Gasteiger partial charge on any atom is -0.481 e. The molecule has 3 atom stereocenters. The van der Waals surface area contributed by atoms with Gasteiger partial charge in [-0.05, 0) is 46.9 Å². The van der Waals surface area contributed by atoms with Gasteiger partial charge in [-0.2, -0.15) is 0 Å². The van der Waals surface area contributed by atoms with Crippen LogP contribution in [0, 0.1) is 17.8 Å². The number of carboxylic acid groups (broad SMARTS) is 1. The van der Waals surface area contributed by atoms with Gasteiger partial charge < -0.3 is 20.1 Å². The minimum absolute atomic E-state index is 0.0633. The van der Waals surface area contributed by atoms with E-state index < -0.39 is 24.0 Å². The molecule has 7 nitrogen and oxygen atoms in total. The second-order valence-electron chi connectivity index (χ2n) is 10.3. The number of piperidine rings is 1. The van der Waals surface area contributed by atoms with E-state index in [1.807, 2.05) is 45.0 Å². The van der Waals surface area contributed by atoms with Crippen LogP contribution in [0.5, 0.6) is 0 Å². The first-order chi connectivity index (χ1) is 16.7. The predicted molar refractivity (Wildman–Crippen MR) is 133 cm³/mol. The molecule has 2 aromatic carbocycles. The standard InChI is InChI=1S/C28H34N2O5/c1-17(2)12-25(26(31)30-14-18(3)13-19(15-30)27(32)33)29-28(34)35-16-24-22-10-6-4-8-20(22)21-9-5-7-11-23(21)24/h4-11,17-19,24-25H,12-16H2,1-3H3,(H,29,34)(H,32,33)/t18?,19?,25-/m1/s1. The lowest BCUT2D eigenvalue weighted by atomic mass is 9.89. The average Bonchev–Trinajstić information content (AvgIpc) is 3.15. The van der Waals surface area contributed by atoms with Crippen LogP contribution in [0.15, 0.2) is 48.5 Å². The summed E-state index contributed by atoms with van der Waals surface area (Å²) in [5.41, 5.74) is 4.55. The number of hydrogen-bond donors (Lipinski definition) is 2. The SMILES string of the molecule is CC(C)C[C@@H](NC(=O)OCC1c2ccccc2-c2ccccc21)C(=O)N1CC(C)CC(C(=O)O)C1. The maximum atomic E-state index is 13.3. The van der Waals surface area contributed by atoms with Crippen molar-refractivity contribution in [2.24, 2.45) is 17.8 Å². The van der Waals surface area contributed by atoms with Crippen LogP contribution >= 0.6 is 0 Å². The van der Waals surface area contributed by atoms with Crippen molar-refractivity contribution in [3.8, 4) is 11.1 Å². The summed E-state index contributed by atoms with van der Waals surface area (Å²) >= 11 is 0. The topological polar surface area (TPSA) is 95.9 Å². The van der Waals surface area contributed by atoms with Gasteiger partial charge >= 0.3 is 12.1 Å². The Morgan fingerprint density at radius 2 is 1.63 bits per heavy atom. The van der Waals surface area contributed by atoms with E-state index in [1.54, 1.807) is 4.90 Å². The summed E-state index contributed by atoms with van der Waals surface area (Å²) < 4.78 is 5.65. The Kier molecular flexibility index (Phi) is 7.43. The third kappa shape index (κ3) is 5.50. The van der Waals surface area contributed by atoms with E-state index in [1.165, 1.54) is 0 Å². The molecule has 1 saturated heterocycles. The molecular weight excluding hydrogens is 444 g/mol. The number of carbonyl (C=O) groups is 3. The summed E-state index contributed by atoms with van der Waals surface area (Å²) in [6.45, 7) is 6.75. The van der Waals surface area contributed by atoms with Crippen molar-refractivity contribution < 1.29 is 24.2 Å². The number of fused-ring (bicyclic) bond motifs is 3. The maximum absolute atomic E-state index is 13.3. The summed E-state index contributed by atoms with van der Waals surface area (Å²) in [7, 11) is 0. The zero-order valence-electron chi connectivity index (χ0n) is 20.6. The fraction of sp³-hybridized carbons (Fsp3) is 0.464. The van der Waals surface area contributed by atoms with Crippen LogP contribution in [0.25, 0.3) is 11.1 Å². The highest BCUT2D eigenvalue weighted by atomic mass is 16.5. The van der Waals surface area contributed by atoms with Gasteiger partial charge in [0.15, 0.2) is 0 Å². The molecule has 0 spiro atoms. The highest BCUT2D eigenvalue weighted by Crippen LogP contribution is 2.44.